The Bertz CT molecular complexity index is 330. The Balaban J connectivity index is 2.78. The number of esters is 1. The van der Waals surface area contributed by atoms with Crippen LogP contribution in [-0.2, 0) is 14.3 Å². The van der Waals surface area contributed by atoms with Crippen molar-refractivity contribution in [2.24, 2.45) is 5.92 Å². The fraction of sp³-hybridized carbons (Fsp3) is 0.846. The first-order chi connectivity index (χ1) is 8.35. The van der Waals surface area contributed by atoms with Gasteiger partial charge in [-0.3, -0.25) is 14.9 Å². The van der Waals surface area contributed by atoms with E-state index in [4.69, 9.17) is 0 Å². The molecule has 0 aliphatic carbocycles. The smallest absolute Gasteiger partial charge is 0.307 e. The highest BCUT2D eigenvalue weighted by molar-refractivity contribution is 5.88. The van der Waals surface area contributed by atoms with Crippen LogP contribution in [0, 0.1) is 5.92 Å². The van der Waals surface area contributed by atoms with E-state index in [1.165, 1.54) is 7.11 Å². The van der Waals surface area contributed by atoms with Gasteiger partial charge >= 0.3 is 5.97 Å². The van der Waals surface area contributed by atoms with Crippen LogP contribution in [0.5, 0.6) is 0 Å². The highest BCUT2D eigenvalue weighted by atomic mass is 16.5. The largest absolute Gasteiger partial charge is 0.469 e. The van der Waals surface area contributed by atoms with Gasteiger partial charge in [0.15, 0.2) is 0 Å². The second-order valence-electron chi connectivity index (χ2n) is 5.34. The summed E-state index contributed by atoms with van der Waals surface area (Å²) >= 11 is 0. The maximum absolute atomic E-state index is 12.4. The lowest BCUT2D eigenvalue weighted by Crippen LogP contribution is -2.45. The van der Waals surface area contributed by atoms with Gasteiger partial charge in [-0.25, -0.2) is 0 Å². The van der Waals surface area contributed by atoms with E-state index in [2.05, 4.69) is 23.9 Å². The Labute approximate surface area is 109 Å². The van der Waals surface area contributed by atoms with Crippen LogP contribution in [0.2, 0.25) is 0 Å². The molecule has 1 aliphatic rings. The molecule has 2 unspecified atom stereocenters. The lowest BCUT2D eigenvalue weighted by Gasteiger charge is -2.26. The number of amides is 1. The molecule has 1 aliphatic heterocycles. The molecule has 0 aromatic carbocycles. The standard InChI is InChI=1S/C13H24N2O3/c1-6-13(4)12(17)15(8-7-10(16)18-5)11(14-13)9(2)3/h9,11,14H,6-8H2,1-5H3. The summed E-state index contributed by atoms with van der Waals surface area (Å²) < 4.78 is 4.62. The van der Waals surface area contributed by atoms with E-state index in [9.17, 15) is 9.59 Å². The lowest BCUT2D eigenvalue weighted by molar-refractivity contribution is -0.142. The molecule has 1 heterocycles. The maximum atomic E-state index is 12.4. The Morgan fingerprint density at radius 1 is 1.56 bits per heavy atom. The topological polar surface area (TPSA) is 58.6 Å². The number of nitrogens with zero attached hydrogens (tertiary/aromatic N) is 1. The first-order valence-corrected chi connectivity index (χ1v) is 6.51. The van der Waals surface area contributed by atoms with E-state index in [1.807, 2.05) is 13.8 Å². The normalized spacial score (nSPS) is 28.0. The second kappa shape index (κ2) is 5.69. The summed E-state index contributed by atoms with van der Waals surface area (Å²) in [6, 6.07) is 0. The van der Waals surface area contributed by atoms with E-state index in [0.29, 0.717) is 12.5 Å². The fourth-order valence-electron chi connectivity index (χ4n) is 2.24. The number of methoxy groups -OCH3 is 1. The van der Waals surface area contributed by atoms with Crippen LogP contribution in [0.4, 0.5) is 0 Å². The molecule has 104 valence electrons. The Morgan fingerprint density at radius 3 is 2.61 bits per heavy atom. The predicted octanol–water partition coefficient (Wildman–Crippen LogP) is 1.13. The number of ether oxygens (including phenoxy) is 1. The second-order valence-corrected chi connectivity index (χ2v) is 5.34. The molecule has 0 bridgehead atoms. The van der Waals surface area contributed by atoms with E-state index in [1.54, 1.807) is 4.90 Å². The number of nitrogens with one attached hydrogen (secondary N) is 1. The molecule has 5 nitrogen and oxygen atoms in total. The van der Waals surface area contributed by atoms with Crippen LogP contribution in [0.25, 0.3) is 0 Å². The van der Waals surface area contributed by atoms with Crippen molar-refractivity contribution >= 4 is 11.9 Å². The molecular weight excluding hydrogens is 232 g/mol. The summed E-state index contributed by atoms with van der Waals surface area (Å²) in [6.07, 6.45) is 0.976. The number of carbonyl (C=O) groups excluding carboxylic acids is 2. The van der Waals surface area contributed by atoms with Gasteiger partial charge < -0.3 is 9.64 Å². The Morgan fingerprint density at radius 2 is 2.17 bits per heavy atom. The van der Waals surface area contributed by atoms with Crippen LogP contribution >= 0.6 is 0 Å². The zero-order valence-electron chi connectivity index (χ0n) is 11.9. The van der Waals surface area contributed by atoms with Gasteiger partial charge in [0, 0.05) is 6.54 Å². The van der Waals surface area contributed by atoms with Crippen LogP contribution in [0.15, 0.2) is 0 Å². The molecule has 0 aromatic rings. The first kappa shape index (κ1) is 15.0. The molecule has 1 saturated heterocycles. The van der Waals surface area contributed by atoms with Crippen LogP contribution < -0.4 is 5.32 Å². The number of rotatable bonds is 5. The third-order valence-electron chi connectivity index (χ3n) is 3.66. The highest BCUT2D eigenvalue weighted by Crippen LogP contribution is 2.27. The first-order valence-electron chi connectivity index (χ1n) is 6.51. The van der Waals surface area contributed by atoms with Crippen molar-refractivity contribution in [1.82, 2.24) is 10.2 Å². The van der Waals surface area contributed by atoms with Crippen molar-refractivity contribution in [3.8, 4) is 0 Å². The highest BCUT2D eigenvalue weighted by Gasteiger charge is 2.47. The summed E-state index contributed by atoms with van der Waals surface area (Å²) in [5, 5.41) is 3.38. The molecule has 1 fully saturated rings. The van der Waals surface area contributed by atoms with Crippen LogP contribution in [-0.4, -0.2) is 42.1 Å². The lowest BCUT2D eigenvalue weighted by atomic mass is 9.99. The molecule has 18 heavy (non-hydrogen) atoms. The molecule has 0 saturated carbocycles. The van der Waals surface area contributed by atoms with Crippen molar-refractivity contribution in [3.63, 3.8) is 0 Å². The zero-order valence-corrected chi connectivity index (χ0v) is 11.9. The third-order valence-corrected chi connectivity index (χ3v) is 3.66. The minimum atomic E-state index is -0.509. The molecule has 0 aromatic heterocycles. The van der Waals surface area contributed by atoms with Gasteiger partial charge in [0.05, 0.1) is 25.2 Å². The minimum Gasteiger partial charge on any atom is -0.469 e. The molecule has 5 heteroatoms. The van der Waals surface area contributed by atoms with Crippen molar-refractivity contribution in [1.29, 1.82) is 0 Å². The summed E-state index contributed by atoms with van der Waals surface area (Å²) in [5.41, 5.74) is -0.509. The van der Waals surface area contributed by atoms with Crippen molar-refractivity contribution in [2.45, 2.75) is 52.2 Å². The molecule has 0 radical (unpaired) electrons. The van der Waals surface area contributed by atoms with Gasteiger partial charge in [0.1, 0.15) is 0 Å². The zero-order chi connectivity index (χ0) is 13.9. The fourth-order valence-corrected chi connectivity index (χ4v) is 2.24. The van der Waals surface area contributed by atoms with Crippen molar-refractivity contribution < 1.29 is 14.3 Å². The maximum Gasteiger partial charge on any atom is 0.307 e. The summed E-state index contributed by atoms with van der Waals surface area (Å²) in [7, 11) is 1.36. The van der Waals surface area contributed by atoms with Crippen molar-refractivity contribution in [3.05, 3.63) is 0 Å². The molecule has 2 atom stereocenters. The monoisotopic (exact) mass is 256 g/mol. The van der Waals surface area contributed by atoms with Gasteiger partial charge in [-0.15, -0.1) is 0 Å². The summed E-state index contributed by atoms with van der Waals surface area (Å²) in [6.45, 7) is 8.46. The number of carbonyl (C=O) groups is 2. The predicted molar refractivity (Wildman–Crippen MR) is 68.8 cm³/mol. The van der Waals surface area contributed by atoms with Gasteiger partial charge in [-0.1, -0.05) is 20.8 Å². The van der Waals surface area contributed by atoms with Gasteiger partial charge in [0.25, 0.3) is 0 Å². The molecular formula is C13H24N2O3. The Hall–Kier alpha value is -1.10. The van der Waals surface area contributed by atoms with E-state index < -0.39 is 5.54 Å². The van der Waals surface area contributed by atoms with E-state index in [-0.39, 0.29) is 24.5 Å². The molecule has 1 N–H and O–H groups in total. The molecule has 1 rings (SSSR count). The number of hydrogen-bond donors (Lipinski definition) is 1. The van der Waals surface area contributed by atoms with Gasteiger partial charge in [-0.2, -0.15) is 0 Å². The third kappa shape index (κ3) is 2.83. The summed E-state index contributed by atoms with van der Waals surface area (Å²) in [4.78, 5) is 25.4. The minimum absolute atomic E-state index is 0.00731. The summed E-state index contributed by atoms with van der Waals surface area (Å²) in [5.74, 6) is 0.1000. The average Bonchev–Trinajstić information content (AvgIpc) is 2.60. The van der Waals surface area contributed by atoms with Crippen molar-refractivity contribution in [2.75, 3.05) is 13.7 Å². The van der Waals surface area contributed by atoms with Crippen LogP contribution in [0.1, 0.15) is 40.5 Å². The van der Waals surface area contributed by atoms with E-state index >= 15 is 0 Å². The number of hydrogen-bond acceptors (Lipinski definition) is 4. The van der Waals surface area contributed by atoms with Gasteiger partial charge in [-0.05, 0) is 19.3 Å². The molecule has 0 spiro atoms. The van der Waals surface area contributed by atoms with Crippen LogP contribution in [0.3, 0.4) is 0 Å². The Kier molecular flexibility index (Phi) is 4.73. The van der Waals surface area contributed by atoms with Gasteiger partial charge in [0.2, 0.25) is 5.91 Å². The average molecular weight is 256 g/mol. The quantitative estimate of drug-likeness (QED) is 0.749. The SMILES string of the molecule is CCC1(C)NC(C(C)C)N(CCC(=O)OC)C1=O. The molecule has 1 amide bonds. The van der Waals surface area contributed by atoms with E-state index in [0.717, 1.165) is 6.42 Å².